The molecule has 3 rings (SSSR count). The Morgan fingerprint density at radius 2 is 1.75 bits per heavy atom. The van der Waals surface area contributed by atoms with Crippen molar-refractivity contribution in [1.82, 2.24) is 4.90 Å². The third-order valence-electron chi connectivity index (χ3n) is 7.86. The lowest BCUT2D eigenvalue weighted by atomic mass is 9.87. The summed E-state index contributed by atoms with van der Waals surface area (Å²) in [7, 11) is 0. The van der Waals surface area contributed by atoms with Crippen LogP contribution in [0.1, 0.15) is 105 Å². The molecule has 3 aliphatic rings. The standard InChI is InChI=1S/C29H47NO7S3/c1-5-6-7-8-9-10-11-12-13-14-16-29(3,4)28(34)37-19-36-26(33)23-27(38-21-15-17-40(35)18-21)39-25-22(20(2)31)24(32)30(23)25/h20-22,25,31H,5-19H2,1-4H3/t20-,21+,22+,25-,40-/m1/s1. The first-order valence-electron chi connectivity index (χ1n) is 14.8. The van der Waals surface area contributed by atoms with Gasteiger partial charge < -0.3 is 19.1 Å². The molecule has 5 atom stereocenters. The second-order valence-electron chi connectivity index (χ2n) is 11.8. The van der Waals surface area contributed by atoms with E-state index in [1.807, 2.05) is 13.8 Å². The summed E-state index contributed by atoms with van der Waals surface area (Å²) in [6.07, 6.45) is 12.9. The number of esters is 2. The van der Waals surface area contributed by atoms with Crippen molar-refractivity contribution >= 4 is 52.5 Å². The zero-order valence-corrected chi connectivity index (χ0v) is 26.9. The number of ether oxygens (including phenoxy) is 2. The Hall–Kier alpha value is -0.880. The molecule has 228 valence electrons. The normalized spacial score (nSPS) is 25.1. The Bertz CT molecular complexity index is 910. The van der Waals surface area contributed by atoms with Crippen molar-refractivity contribution in [1.29, 1.82) is 0 Å². The Morgan fingerprint density at radius 3 is 2.33 bits per heavy atom. The third-order valence-corrected chi connectivity index (χ3v) is 12.4. The fourth-order valence-corrected chi connectivity index (χ4v) is 10.5. The first kappa shape index (κ1) is 33.6. The highest BCUT2D eigenvalue weighted by molar-refractivity contribution is 8.23. The van der Waals surface area contributed by atoms with Gasteiger partial charge in [0, 0.05) is 6.42 Å². The van der Waals surface area contributed by atoms with Crippen LogP contribution in [0.2, 0.25) is 0 Å². The lowest BCUT2D eigenvalue weighted by Crippen LogP contribution is -2.60. The van der Waals surface area contributed by atoms with Crippen molar-refractivity contribution in [3.05, 3.63) is 9.93 Å². The van der Waals surface area contributed by atoms with Gasteiger partial charge in [-0.1, -0.05) is 94.1 Å². The summed E-state index contributed by atoms with van der Waals surface area (Å²) in [4.78, 5) is 40.0. The quantitative estimate of drug-likeness (QED) is 0.0679. The number of carbonyl (C=O) groups is 3. The minimum atomic E-state index is -0.871. The van der Waals surface area contributed by atoms with Gasteiger partial charge in [-0.3, -0.25) is 14.5 Å². The molecule has 40 heavy (non-hydrogen) atoms. The Kier molecular flexibility index (Phi) is 13.5. The van der Waals surface area contributed by atoms with E-state index in [-0.39, 0.29) is 22.2 Å². The van der Waals surface area contributed by atoms with Crippen LogP contribution in [0.3, 0.4) is 0 Å². The lowest BCUT2D eigenvalue weighted by molar-refractivity contribution is -0.175. The van der Waals surface area contributed by atoms with Crippen molar-refractivity contribution in [2.24, 2.45) is 11.3 Å². The summed E-state index contributed by atoms with van der Waals surface area (Å²) >= 11 is 1.95. The number of carbonyl (C=O) groups excluding carboxylic acids is 3. The second-order valence-corrected chi connectivity index (χ2v) is 16.1. The molecule has 0 aromatic rings. The minimum Gasteiger partial charge on any atom is -0.616 e. The maximum Gasteiger partial charge on any atom is 0.359 e. The first-order valence-corrected chi connectivity index (χ1v) is 18.1. The van der Waals surface area contributed by atoms with E-state index in [1.54, 1.807) is 6.92 Å². The average Bonchev–Trinajstić information content (AvgIpc) is 3.45. The summed E-state index contributed by atoms with van der Waals surface area (Å²) < 4.78 is 23.2. The van der Waals surface area contributed by atoms with Crippen LogP contribution in [0.5, 0.6) is 0 Å². The fraction of sp³-hybridized carbons (Fsp3) is 0.828. The van der Waals surface area contributed by atoms with Crippen LogP contribution in [0.25, 0.3) is 0 Å². The number of thioether (sulfide) groups is 2. The molecule has 0 unspecified atom stereocenters. The highest BCUT2D eigenvalue weighted by Gasteiger charge is 2.58. The monoisotopic (exact) mass is 617 g/mol. The highest BCUT2D eigenvalue weighted by Crippen LogP contribution is 2.55. The number of rotatable bonds is 18. The zero-order valence-electron chi connectivity index (χ0n) is 24.5. The highest BCUT2D eigenvalue weighted by atomic mass is 32.2. The number of unbranched alkanes of at least 4 members (excludes halogenated alkanes) is 9. The summed E-state index contributed by atoms with van der Waals surface area (Å²) in [6.45, 7) is 6.97. The predicted molar refractivity (Wildman–Crippen MR) is 162 cm³/mol. The average molecular weight is 618 g/mol. The molecule has 0 aliphatic carbocycles. The number of aliphatic hydroxyl groups is 1. The molecule has 8 nitrogen and oxygen atoms in total. The fourth-order valence-electron chi connectivity index (χ4n) is 5.26. The molecule has 0 aromatic heterocycles. The van der Waals surface area contributed by atoms with Gasteiger partial charge in [0.05, 0.1) is 26.9 Å². The summed E-state index contributed by atoms with van der Waals surface area (Å²) in [5.41, 5.74) is -0.544. The van der Waals surface area contributed by atoms with Gasteiger partial charge in [-0.05, 0) is 27.2 Å². The lowest BCUT2D eigenvalue weighted by Gasteiger charge is -2.43. The van der Waals surface area contributed by atoms with E-state index >= 15 is 0 Å². The van der Waals surface area contributed by atoms with Gasteiger partial charge in [0.25, 0.3) is 0 Å². The maximum absolute atomic E-state index is 13.1. The molecule has 3 aliphatic heterocycles. The van der Waals surface area contributed by atoms with E-state index in [9.17, 15) is 24.0 Å². The van der Waals surface area contributed by atoms with Gasteiger partial charge in [0.2, 0.25) is 12.7 Å². The van der Waals surface area contributed by atoms with Gasteiger partial charge in [0.15, 0.2) is 5.70 Å². The van der Waals surface area contributed by atoms with Gasteiger partial charge in [-0.15, -0.1) is 11.8 Å². The van der Waals surface area contributed by atoms with Gasteiger partial charge in [-0.2, -0.15) is 0 Å². The van der Waals surface area contributed by atoms with E-state index in [0.29, 0.717) is 22.2 Å². The minimum absolute atomic E-state index is 0.0920. The van der Waals surface area contributed by atoms with Gasteiger partial charge in [0.1, 0.15) is 16.9 Å². The molecule has 0 radical (unpaired) electrons. The third kappa shape index (κ3) is 9.06. The van der Waals surface area contributed by atoms with Crippen molar-refractivity contribution in [2.75, 3.05) is 18.3 Å². The molecular formula is C29H47NO7S3. The molecule has 11 heteroatoms. The van der Waals surface area contributed by atoms with Crippen LogP contribution in [0, 0.1) is 11.3 Å². The van der Waals surface area contributed by atoms with Crippen LogP contribution in [-0.4, -0.2) is 67.4 Å². The van der Waals surface area contributed by atoms with Crippen LogP contribution in [0.4, 0.5) is 0 Å². The molecule has 2 saturated heterocycles. The van der Waals surface area contributed by atoms with E-state index < -0.39 is 47.3 Å². The predicted octanol–water partition coefficient (Wildman–Crippen LogP) is 5.70. The van der Waals surface area contributed by atoms with Crippen molar-refractivity contribution in [3.63, 3.8) is 0 Å². The summed E-state index contributed by atoms with van der Waals surface area (Å²) in [6, 6.07) is 0. The maximum atomic E-state index is 13.1. The number of hydrogen-bond donors (Lipinski definition) is 1. The smallest absolute Gasteiger partial charge is 0.359 e. The van der Waals surface area contributed by atoms with Crippen molar-refractivity contribution in [3.8, 4) is 0 Å². The number of fused-ring (bicyclic) bond motifs is 1. The van der Waals surface area contributed by atoms with Crippen LogP contribution >= 0.6 is 23.5 Å². The SMILES string of the molecule is CCCCCCCCCCCCC(C)(C)C(=O)OCOC(=O)C1=C(S[C@H]2CC[S@@+]([O-])C2)S[C@@H]2[C@@H]([C@@H](C)O)C(=O)N12. The molecule has 1 amide bonds. The molecule has 0 spiro atoms. The first-order chi connectivity index (χ1) is 19.1. The largest absolute Gasteiger partial charge is 0.616 e. The molecule has 0 bridgehead atoms. The van der Waals surface area contributed by atoms with E-state index in [4.69, 9.17) is 9.47 Å². The van der Waals surface area contributed by atoms with Crippen LogP contribution in [-0.2, 0) is 35.0 Å². The number of nitrogens with zero attached hydrogens (tertiary/aromatic N) is 1. The topological polar surface area (TPSA) is 116 Å². The zero-order chi connectivity index (χ0) is 29.3. The Labute approximate surface area is 251 Å². The molecule has 0 aromatic carbocycles. The molecular weight excluding hydrogens is 571 g/mol. The molecule has 3 heterocycles. The van der Waals surface area contributed by atoms with Crippen molar-refractivity contribution in [2.45, 2.75) is 121 Å². The van der Waals surface area contributed by atoms with Crippen molar-refractivity contribution < 1.29 is 33.5 Å². The molecule has 2 fully saturated rings. The van der Waals surface area contributed by atoms with Crippen LogP contribution < -0.4 is 0 Å². The Balaban J connectivity index is 1.43. The van der Waals surface area contributed by atoms with Gasteiger partial charge >= 0.3 is 11.9 Å². The number of β-lactam (4-membered cyclic amide) rings is 1. The number of aliphatic hydroxyl groups excluding tert-OH is 1. The number of hydrogen-bond acceptors (Lipinski definition) is 9. The second kappa shape index (κ2) is 16.1. The van der Waals surface area contributed by atoms with Gasteiger partial charge in [-0.25, -0.2) is 4.79 Å². The summed E-state index contributed by atoms with van der Waals surface area (Å²) in [5, 5.41) is 9.77. The summed E-state index contributed by atoms with van der Waals surface area (Å²) in [5.74, 6) is -0.882. The molecule has 0 saturated carbocycles. The van der Waals surface area contributed by atoms with Crippen LogP contribution in [0.15, 0.2) is 9.93 Å². The van der Waals surface area contributed by atoms with E-state index in [1.165, 1.54) is 79.8 Å². The Morgan fingerprint density at radius 1 is 1.12 bits per heavy atom. The van der Waals surface area contributed by atoms with E-state index in [2.05, 4.69) is 6.92 Å². The van der Waals surface area contributed by atoms with E-state index in [0.717, 1.165) is 19.3 Å². The number of amides is 1. The molecule has 1 N–H and O–H groups in total.